The maximum Gasteiger partial charge on any atom is 0.264 e. The SMILES string of the molecule is Cc1ccc(C(=O)[O-])cc1N=C1NC(=O)/C(=C\c2cccn2C)S1. The first kappa shape index (κ1) is 16.1. The number of benzene rings is 1. The Balaban J connectivity index is 1.90. The van der Waals surface area contributed by atoms with Crippen LogP contribution >= 0.6 is 11.8 Å². The van der Waals surface area contributed by atoms with Crippen LogP contribution in [-0.4, -0.2) is 21.6 Å². The smallest absolute Gasteiger partial charge is 0.264 e. The fourth-order valence-corrected chi connectivity index (χ4v) is 3.02. The van der Waals surface area contributed by atoms with Gasteiger partial charge in [0, 0.05) is 18.9 Å². The van der Waals surface area contributed by atoms with Crippen LogP contribution in [0.1, 0.15) is 21.6 Å². The number of nitrogens with one attached hydrogen (secondary N) is 1. The normalized spacial score (nSPS) is 17.5. The van der Waals surface area contributed by atoms with E-state index >= 15 is 0 Å². The predicted molar refractivity (Wildman–Crippen MR) is 91.7 cm³/mol. The Labute approximate surface area is 142 Å². The number of rotatable bonds is 3. The van der Waals surface area contributed by atoms with E-state index in [0.717, 1.165) is 11.3 Å². The molecule has 1 aromatic carbocycles. The number of thioether (sulfide) groups is 1. The molecule has 1 amide bonds. The first-order valence-electron chi connectivity index (χ1n) is 7.17. The summed E-state index contributed by atoms with van der Waals surface area (Å²) in [6, 6.07) is 8.36. The van der Waals surface area contributed by atoms with Gasteiger partial charge in [-0.25, -0.2) is 4.99 Å². The van der Waals surface area contributed by atoms with Crippen molar-refractivity contribution in [1.82, 2.24) is 9.88 Å². The molecular weight excluding hydrogens is 326 g/mol. The Morgan fingerprint density at radius 1 is 1.38 bits per heavy atom. The molecule has 1 aromatic heterocycles. The average molecular weight is 340 g/mol. The maximum absolute atomic E-state index is 12.1. The second-order valence-electron chi connectivity index (χ2n) is 5.31. The number of carbonyl (C=O) groups is 2. The third kappa shape index (κ3) is 3.26. The van der Waals surface area contributed by atoms with Gasteiger partial charge in [-0.2, -0.15) is 0 Å². The van der Waals surface area contributed by atoms with Crippen LogP contribution in [0.25, 0.3) is 6.08 Å². The summed E-state index contributed by atoms with van der Waals surface area (Å²) in [5, 5.41) is 14.1. The lowest BCUT2D eigenvalue weighted by molar-refractivity contribution is -0.255. The third-order valence-electron chi connectivity index (χ3n) is 3.58. The van der Waals surface area contributed by atoms with Gasteiger partial charge in [-0.3, -0.25) is 4.79 Å². The highest BCUT2D eigenvalue weighted by Crippen LogP contribution is 2.29. The molecule has 0 saturated carbocycles. The van der Waals surface area contributed by atoms with E-state index in [4.69, 9.17) is 0 Å². The van der Waals surface area contributed by atoms with Crippen molar-refractivity contribution in [1.29, 1.82) is 0 Å². The fraction of sp³-hybridized carbons (Fsp3) is 0.118. The number of aromatic nitrogens is 1. The Morgan fingerprint density at radius 3 is 2.83 bits per heavy atom. The summed E-state index contributed by atoms with van der Waals surface area (Å²) in [5.41, 5.74) is 2.25. The standard InChI is InChI=1S/C17H15N3O3S/c1-10-5-6-11(16(22)23)8-13(10)18-17-19-15(21)14(24-17)9-12-4-3-7-20(12)2/h3-9H,1-2H3,(H,22,23)(H,18,19,21)/p-1/b14-9+. The predicted octanol–water partition coefficient (Wildman–Crippen LogP) is 1.59. The molecule has 0 atom stereocenters. The monoisotopic (exact) mass is 340 g/mol. The van der Waals surface area contributed by atoms with Crippen molar-refractivity contribution in [3.05, 3.63) is 58.3 Å². The largest absolute Gasteiger partial charge is 0.545 e. The summed E-state index contributed by atoms with van der Waals surface area (Å²) in [5.74, 6) is -1.49. The first-order valence-corrected chi connectivity index (χ1v) is 7.98. The molecule has 7 heteroatoms. The van der Waals surface area contributed by atoms with Crippen LogP contribution in [-0.2, 0) is 11.8 Å². The Bertz CT molecular complexity index is 896. The minimum Gasteiger partial charge on any atom is -0.545 e. The summed E-state index contributed by atoms with van der Waals surface area (Å²) in [6.45, 7) is 1.82. The zero-order valence-electron chi connectivity index (χ0n) is 13.1. The van der Waals surface area contributed by atoms with E-state index in [9.17, 15) is 14.7 Å². The van der Waals surface area contributed by atoms with Crippen LogP contribution < -0.4 is 10.4 Å². The number of aliphatic imine (C=N–C) groups is 1. The van der Waals surface area contributed by atoms with E-state index in [-0.39, 0.29) is 11.5 Å². The van der Waals surface area contributed by atoms with Gasteiger partial charge in [-0.05, 0) is 54.1 Å². The van der Waals surface area contributed by atoms with Gasteiger partial charge in [0.2, 0.25) is 0 Å². The van der Waals surface area contributed by atoms with E-state index in [2.05, 4.69) is 10.3 Å². The zero-order valence-corrected chi connectivity index (χ0v) is 13.9. The molecule has 1 fully saturated rings. The van der Waals surface area contributed by atoms with Crippen LogP contribution in [0.4, 0.5) is 5.69 Å². The number of nitrogens with zero attached hydrogens (tertiary/aromatic N) is 2. The van der Waals surface area contributed by atoms with Gasteiger partial charge in [0.15, 0.2) is 5.17 Å². The molecule has 0 aliphatic carbocycles. The molecule has 0 bridgehead atoms. The van der Waals surface area contributed by atoms with Crippen molar-refractivity contribution in [3.8, 4) is 0 Å². The number of carboxylic acid groups (broad SMARTS) is 1. The van der Waals surface area contributed by atoms with E-state index in [1.807, 2.05) is 36.9 Å². The highest BCUT2D eigenvalue weighted by atomic mass is 32.2. The number of aromatic carboxylic acids is 1. The van der Waals surface area contributed by atoms with Gasteiger partial charge in [0.05, 0.1) is 16.6 Å². The van der Waals surface area contributed by atoms with Crippen molar-refractivity contribution < 1.29 is 14.7 Å². The van der Waals surface area contributed by atoms with Crippen LogP contribution in [0.3, 0.4) is 0 Å². The van der Waals surface area contributed by atoms with Gasteiger partial charge >= 0.3 is 0 Å². The Morgan fingerprint density at radius 2 is 2.17 bits per heavy atom. The molecule has 1 aliphatic heterocycles. The number of carbonyl (C=O) groups excluding carboxylic acids is 2. The zero-order chi connectivity index (χ0) is 17.3. The van der Waals surface area contributed by atoms with Crippen LogP contribution in [0.15, 0.2) is 46.4 Å². The van der Waals surface area contributed by atoms with Gasteiger partial charge in [0.25, 0.3) is 5.91 Å². The number of hydrogen-bond donors (Lipinski definition) is 1. The van der Waals surface area contributed by atoms with Gasteiger partial charge in [0.1, 0.15) is 0 Å². The van der Waals surface area contributed by atoms with Crippen molar-refractivity contribution in [2.45, 2.75) is 6.92 Å². The van der Waals surface area contributed by atoms with E-state index in [0.29, 0.717) is 15.8 Å². The van der Waals surface area contributed by atoms with Crippen molar-refractivity contribution in [2.24, 2.45) is 12.0 Å². The lowest BCUT2D eigenvalue weighted by Gasteiger charge is -2.06. The Hall–Kier alpha value is -2.80. The quantitative estimate of drug-likeness (QED) is 0.860. The topological polar surface area (TPSA) is 86.5 Å². The molecule has 3 rings (SSSR count). The molecule has 2 aromatic rings. The lowest BCUT2D eigenvalue weighted by Crippen LogP contribution is -2.22. The van der Waals surface area contributed by atoms with Crippen molar-refractivity contribution in [2.75, 3.05) is 0 Å². The number of hydrogen-bond acceptors (Lipinski definition) is 5. The molecule has 122 valence electrons. The van der Waals surface area contributed by atoms with Crippen LogP contribution in [0.2, 0.25) is 0 Å². The molecule has 2 heterocycles. The number of aryl methyl sites for hydroxylation is 2. The van der Waals surface area contributed by atoms with Crippen LogP contribution in [0.5, 0.6) is 0 Å². The van der Waals surface area contributed by atoms with Crippen LogP contribution in [0, 0.1) is 6.92 Å². The average Bonchev–Trinajstić information content (AvgIpc) is 3.08. The number of amides is 1. The number of amidine groups is 1. The second kappa shape index (κ2) is 6.37. The minimum absolute atomic E-state index is 0.0499. The first-order chi connectivity index (χ1) is 11.4. The second-order valence-corrected chi connectivity index (χ2v) is 6.35. The summed E-state index contributed by atoms with van der Waals surface area (Å²) >= 11 is 1.22. The number of carboxylic acids is 1. The van der Waals surface area contributed by atoms with Gasteiger partial charge in [-0.15, -0.1) is 0 Å². The molecule has 24 heavy (non-hydrogen) atoms. The maximum atomic E-state index is 12.1. The molecule has 0 unspecified atom stereocenters. The summed E-state index contributed by atoms with van der Waals surface area (Å²) in [6.07, 6.45) is 3.68. The summed E-state index contributed by atoms with van der Waals surface area (Å²) < 4.78 is 1.91. The molecule has 6 nitrogen and oxygen atoms in total. The van der Waals surface area contributed by atoms with E-state index in [1.54, 1.807) is 12.1 Å². The molecule has 1 N–H and O–H groups in total. The van der Waals surface area contributed by atoms with Gasteiger partial charge in [-0.1, -0.05) is 12.1 Å². The highest BCUT2D eigenvalue weighted by Gasteiger charge is 2.24. The summed E-state index contributed by atoms with van der Waals surface area (Å²) in [4.78, 5) is 27.9. The van der Waals surface area contributed by atoms with Gasteiger partial charge < -0.3 is 19.8 Å². The van der Waals surface area contributed by atoms with E-state index in [1.165, 1.54) is 23.9 Å². The highest BCUT2D eigenvalue weighted by molar-refractivity contribution is 8.18. The molecule has 1 aliphatic rings. The fourth-order valence-electron chi connectivity index (χ4n) is 2.21. The minimum atomic E-state index is -1.26. The van der Waals surface area contributed by atoms with E-state index < -0.39 is 5.97 Å². The molecular formula is C17H14N3O3S-. The van der Waals surface area contributed by atoms with Crippen molar-refractivity contribution in [3.63, 3.8) is 0 Å². The lowest BCUT2D eigenvalue weighted by atomic mass is 10.1. The Kier molecular flexibility index (Phi) is 4.26. The molecule has 0 radical (unpaired) electrons. The molecule has 0 spiro atoms. The third-order valence-corrected chi connectivity index (χ3v) is 4.49. The molecule has 1 saturated heterocycles. The summed E-state index contributed by atoms with van der Waals surface area (Å²) in [7, 11) is 1.90. The van der Waals surface area contributed by atoms with Crippen molar-refractivity contribution >= 4 is 40.6 Å².